The molecule has 0 atom stereocenters. The van der Waals surface area contributed by atoms with Crippen LogP contribution in [0.3, 0.4) is 0 Å². The van der Waals surface area contributed by atoms with Gasteiger partial charge in [0.05, 0.1) is 0 Å². The largest absolute Gasteiger partial charge is 0.212 e. The first kappa shape index (κ1) is 9.91. The monoisotopic (exact) mass is 198 g/mol. The third-order valence-electron chi connectivity index (χ3n) is 2.68. The van der Waals surface area contributed by atoms with Gasteiger partial charge in [-0.3, -0.25) is 0 Å². The summed E-state index contributed by atoms with van der Waals surface area (Å²) in [4.78, 5) is 0. The molecule has 0 spiro atoms. The topological polar surface area (TPSA) is 3.88 Å². The molecule has 1 heteroatoms. The molecule has 1 aromatic heterocycles. The van der Waals surface area contributed by atoms with Crippen LogP contribution in [0.2, 0.25) is 0 Å². The smallest absolute Gasteiger partial charge is 0.192 e. The normalized spacial score (nSPS) is 11.3. The van der Waals surface area contributed by atoms with Crippen LogP contribution in [0.25, 0.3) is 10.9 Å². The van der Waals surface area contributed by atoms with Gasteiger partial charge in [0.1, 0.15) is 0 Å². The molecule has 1 nitrogen and oxygen atoms in total. The van der Waals surface area contributed by atoms with Crippen molar-refractivity contribution in [2.75, 3.05) is 0 Å². The SMILES string of the molecule is CC=CC[n+]1c(C)ccc2ccccc21. The molecule has 1 aromatic carbocycles. The Morgan fingerprint density at radius 1 is 1.13 bits per heavy atom. The van der Waals surface area contributed by atoms with Crippen LogP contribution in [-0.4, -0.2) is 0 Å². The van der Waals surface area contributed by atoms with Crippen LogP contribution in [0.1, 0.15) is 12.6 Å². The van der Waals surface area contributed by atoms with Crippen LogP contribution in [0.15, 0.2) is 48.6 Å². The van der Waals surface area contributed by atoms with E-state index in [1.54, 1.807) is 0 Å². The average Bonchev–Trinajstić information content (AvgIpc) is 2.28. The zero-order valence-corrected chi connectivity index (χ0v) is 9.27. The van der Waals surface area contributed by atoms with Gasteiger partial charge in [-0.15, -0.1) is 0 Å². The minimum atomic E-state index is 0.948. The molecule has 0 N–H and O–H groups in total. The third-order valence-corrected chi connectivity index (χ3v) is 2.68. The maximum Gasteiger partial charge on any atom is 0.212 e. The van der Waals surface area contributed by atoms with Crippen LogP contribution >= 0.6 is 0 Å². The Bertz CT molecular complexity index is 498. The molecule has 0 unspecified atom stereocenters. The van der Waals surface area contributed by atoms with Crippen molar-refractivity contribution >= 4 is 10.9 Å². The van der Waals surface area contributed by atoms with Crippen molar-refractivity contribution in [1.82, 2.24) is 0 Å². The van der Waals surface area contributed by atoms with Crippen molar-refractivity contribution in [2.24, 2.45) is 0 Å². The second-order valence-corrected chi connectivity index (χ2v) is 3.71. The highest BCUT2D eigenvalue weighted by Gasteiger charge is 2.09. The van der Waals surface area contributed by atoms with E-state index < -0.39 is 0 Å². The lowest BCUT2D eigenvalue weighted by molar-refractivity contribution is -0.667. The Labute approximate surface area is 90.7 Å². The van der Waals surface area contributed by atoms with E-state index in [1.165, 1.54) is 16.6 Å². The van der Waals surface area contributed by atoms with Gasteiger partial charge in [-0.2, -0.15) is 4.57 Å². The van der Waals surface area contributed by atoms with Gasteiger partial charge < -0.3 is 0 Å². The highest BCUT2D eigenvalue weighted by atomic mass is 15.0. The van der Waals surface area contributed by atoms with Gasteiger partial charge in [-0.1, -0.05) is 18.2 Å². The summed E-state index contributed by atoms with van der Waals surface area (Å²) in [5, 5.41) is 1.30. The number of allylic oxidation sites excluding steroid dienone is 2. The quantitative estimate of drug-likeness (QED) is 0.516. The van der Waals surface area contributed by atoms with Gasteiger partial charge in [-0.05, 0) is 25.1 Å². The van der Waals surface area contributed by atoms with Crippen molar-refractivity contribution in [2.45, 2.75) is 20.4 Å². The summed E-state index contributed by atoms with van der Waals surface area (Å²) in [6.07, 6.45) is 4.27. The van der Waals surface area contributed by atoms with E-state index in [9.17, 15) is 0 Å². The maximum absolute atomic E-state index is 2.33. The summed E-state index contributed by atoms with van der Waals surface area (Å²) in [6, 6.07) is 12.8. The van der Waals surface area contributed by atoms with Gasteiger partial charge in [0.15, 0.2) is 12.2 Å². The molecule has 0 fully saturated rings. The second kappa shape index (κ2) is 4.26. The number of benzene rings is 1. The van der Waals surface area contributed by atoms with Crippen LogP contribution in [0.5, 0.6) is 0 Å². The molecule has 0 saturated carbocycles. The summed E-state index contributed by atoms with van der Waals surface area (Å²) < 4.78 is 2.33. The van der Waals surface area contributed by atoms with Crippen molar-refractivity contribution in [3.05, 3.63) is 54.2 Å². The lowest BCUT2D eigenvalue weighted by Crippen LogP contribution is -2.36. The summed E-state index contributed by atoms with van der Waals surface area (Å²) in [7, 11) is 0. The number of fused-ring (bicyclic) bond motifs is 1. The minimum absolute atomic E-state index is 0.948. The summed E-state index contributed by atoms with van der Waals surface area (Å²) in [6.45, 7) is 5.15. The van der Waals surface area contributed by atoms with Crippen molar-refractivity contribution in [3.8, 4) is 0 Å². The highest BCUT2D eigenvalue weighted by Crippen LogP contribution is 2.09. The predicted molar refractivity (Wildman–Crippen MR) is 63.7 cm³/mol. The Hall–Kier alpha value is -1.63. The fourth-order valence-corrected chi connectivity index (χ4v) is 1.82. The van der Waals surface area contributed by atoms with Crippen molar-refractivity contribution in [3.63, 3.8) is 0 Å². The first-order valence-corrected chi connectivity index (χ1v) is 5.32. The second-order valence-electron chi connectivity index (χ2n) is 3.71. The fraction of sp³-hybridized carbons (Fsp3) is 0.214. The Kier molecular flexibility index (Phi) is 2.82. The molecule has 2 rings (SSSR count). The number of para-hydroxylation sites is 1. The van der Waals surface area contributed by atoms with Crippen LogP contribution in [0.4, 0.5) is 0 Å². The van der Waals surface area contributed by atoms with Crippen LogP contribution in [0, 0.1) is 6.92 Å². The number of aromatic nitrogens is 1. The van der Waals surface area contributed by atoms with Crippen molar-refractivity contribution in [1.29, 1.82) is 0 Å². The van der Waals surface area contributed by atoms with Gasteiger partial charge in [0, 0.05) is 24.4 Å². The molecule has 1 heterocycles. The minimum Gasteiger partial charge on any atom is -0.192 e. The lowest BCUT2D eigenvalue weighted by atomic mass is 10.2. The maximum atomic E-state index is 2.33. The number of rotatable bonds is 2. The standard InChI is InChI=1S/C14H16N/c1-3-4-11-15-12(2)9-10-13-7-5-6-8-14(13)15/h3-10H,11H2,1-2H3/q+1. The first-order chi connectivity index (χ1) is 7.33. The molecule has 0 aliphatic carbocycles. The zero-order valence-electron chi connectivity index (χ0n) is 9.27. The van der Waals surface area contributed by atoms with Gasteiger partial charge in [-0.25, -0.2) is 0 Å². The molecule has 0 aliphatic rings. The number of nitrogens with zero attached hydrogens (tertiary/aromatic N) is 1. The van der Waals surface area contributed by atoms with E-state index in [0.717, 1.165) is 6.54 Å². The Balaban J connectivity index is 2.63. The van der Waals surface area contributed by atoms with Gasteiger partial charge in [0.2, 0.25) is 5.52 Å². The molecule has 76 valence electrons. The first-order valence-electron chi connectivity index (χ1n) is 5.32. The summed E-state index contributed by atoms with van der Waals surface area (Å²) >= 11 is 0. The summed E-state index contributed by atoms with van der Waals surface area (Å²) in [5.74, 6) is 0. The van der Waals surface area contributed by atoms with Crippen molar-refractivity contribution < 1.29 is 4.57 Å². The molecule has 0 bridgehead atoms. The molecular weight excluding hydrogens is 182 g/mol. The number of pyridine rings is 1. The van der Waals surface area contributed by atoms with E-state index in [4.69, 9.17) is 0 Å². The van der Waals surface area contributed by atoms with E-state index >= 15 is 0 Å². The van der Waals surface area contributed by atoms with Gasteiger partial charge in [0.25, 0.3) is 0 Å². The molecule has 2 aromatic rings. The fourth-order valence-electron chi connectivity index (χ4n) is 1.82. The Morgan fingerprint density at radius 2 is 1.93 bits per heavy atom. The number of aryl methyl sites for hydroxylation is 1. The molecule has 15 heavy (non-hydrogen) atoms. The van der Waals surface area contributed by atoms with E-state index in [0.29, 0.717) is 0 Å². The molecule has 0 aliphatic heterocycles. The molecule has 0 saturated heterocycles. The molecule has 0 radical (unpaired) electrons. The number of hydrogen-bond acceptors (Lipinski definition) is 0. The van der Waals surface area contributed by atoms with E-state index in [-0.39, 0.29) is 0 Å². The molecular formula is C14H16N+. The molecule has 0 amide bonds. The van der Waals surface area contributed by atoms with Crippen LogP contribution < -0.4 is 4.57 Å². The van der Waals surface area contributed by atoms with E-state index in [1.807, 2.05) is 0 Å². The predicted octanol–water partition coefficient (Wildman–Crippen LogP) is 3.01. The lowest BCUT2D eigenvalue weighted by Gasteiger charge is -2.01. The Morgan fingerprint density at radius 3 is 2.73 bits per heavy atom. The summed E-state index contributed by atoms with van der Waals surface area (Å²) in [5.41, 5.74) is 2.60. The van der Waals surface area contributed by atoms with E-state index in [2.05, 4.69) is 67.0 Å². The zero-order chi connectivity index (χ0) is 10.7. The number of hydrogen-bond donors (Lipinski definition) is 0. The third kappa shape index (κ3) is 1.91. The van der Waals surface area contributed by atoms with Gasteiger partial charge >= 0.3 is 0 Å². The highest BCUT2D eigenvalue weighted by molar-refractivity contribution is 5.75. The van der Waals surface area contributed by atoms with Crippen LogP contribution in [-0.2, 0) is 6.54 Å². The average molecular weight is 198 g/mol.